The van der Waals surface area contributed by atoms with Crippen LogP contribution >= 0.6 is 0 Å². The molecule has 0 spiro atoms. The Morgan fingerprint density at radius 2 is 2.14 bits per heavy atom. The minimum Gasteiger partial charge on any atom is -0.468 e. The number of nitrogens with zero attached hydrogens (tertiary/aromatic N) is 1. The number of imide groups is 1. The van der Waals surface area contributed by atoms with Gasteiger partial charge in [-0.3, -0.25) is 19.3 Å². The first-order valence-corrected chi connectivity index (χ1v) is 3.86. The summed E-state index contributed by atoms with van der Waals surface area (Å²) in [6.07, 6.45) is 1.05. The summed E-state index contributed by atoms with van der Waals surface area (Å²) in [5.74, 6) is -1.79. The third-order valence-electron chi connectivity index (χ3n) is 1.95. The van der Waals surface area contributed by atoms with Gasteiger partial charge in [-0.25, -0.2) is 0 Å². The van der Waals surface area contributed by atoms with Crippen LogP contribution in [0.3, 0.4) is 0 Å². The van der Waals surface area contributed by atoms with Gasteiger partial charge in [0.2, 0.25) is 0 Å². The van der Waals surface area contributed by atoms with Gasteiger partial charge in [0.25, 0.3) is 11.8 Å². The Bertz CT molecular complexity index is 334. The molecule has 1 unspecified atom stereocenters. The normalized spacial score (nSPS) is 18.2. The monoisotopic (exact) mass is 198 g/mol. The van der Waals surface area contributed by atoms with Crippen molar-refractivity contribution in [2.45, 2.75) is 6.04 Å². The van der Waals surface area contributed by atoms with Gasteiger partial charge in [0.1, 0.15) is 6.04 Å². The quantitative estimate of drug-likeness (QED) is 0.427. The molecule has 2 amide bonds. The van der Waals surface area contributed by atoms with E-state index in [1.807, 2.05) is 0 Å². The summed E-state index contributed by atoms with van der Waals surface area (Å²) in [6, 6.07) is -1.19. The molecular formula is C8H10N2O4. The minimum atomic E-state index is -1.19. The second-order valence-corrected chi connectivity index (χ2v) is 2.80. The number of methoxy groups -OCH3 is 1. The first-order chi connectivity index (χ1) is 6.49. The molecule has 0 saturated carbocycles. The first-order valence-electron chi connectivity index (χ1n) is 3.86. The smallest absolute Gasteiger partial charge is 0.327 e. The second kappa shape index (κ2) is 3.59. The van der Waals surface area contributed by atoms with E-state index in [1.165, 1.54) is 7.05 Å². The van der Waals surface area contributed by atoms with Gasteiger partial charge in [0, 0.05) is 13.1 Å². The second-order valence-electron chi connectivity index (χ2n) is 2.80. The van der Waals surface area contributed by atoms with E-state index in [9.17, 15) is 14.4 Å². The van der Waals surface area contributed by atoms with Gasteiger partial charge in [0.05, 0.1) is 12.7 Å². The summed E-state index contributed by atoms with van der Waals surface area (Å²) in [4.78, 5) is 34.2. The number of amides is 2. The van der Waals surface area contributed by atoms with Gasteiger partial charge in [-0.1, -0.05) is 0 Å². The SMILES string of the molecule is COC(=O)C(N)C1=CC(=O)N(C)C1=O. The van der Waals surface area contributed by atoms with Crippen LogP contribution in [0.5, 0.6) is 0 Å². The van der Waals surface area contributed by atoms with Crippen LogP contribution in [0.15, 0.2) is 11.6 Å². The van der Waals surface area contributed by atoms with Gasteiger partial charge in [-0.15, -0.1) is 0 Å². The van der Waals surface area contributed by atoms with Gasteiger partial charge in [-0.2, -0.15) is 0 Å². The van der Waals surface area contributed by atoms with Crippen molar-refractivity contribution in [3.05, 3.63) is 11.6 Å². The zero-order valence-corrected chi connectivity index (χ0v) is 7.81. The zero-order chi connectivity index (χ0) is 10.9. The molecule has 1 atom stereocenters. The molecule has 0 fully saturated rings. The molecule has 0 aromatic carbocycles. The lowest BCUT2D eigenvalue weighted by Gasteiger charge is -2.10. The average molecular weight is 198 g/mol. The van der Waals surface area contributed by atoms with Gasteiger partial charge in [-0.05, 0) is 0 Å². The van der Waals surface area contributed by atoms with Gasteiger partial charge >= 0.3 is 5.97 Å². The first kappa shape index (κ1) is 10.4. The summed E-state index contributed by atoms with van der Waals surface area (Å²) < 4.78 is 4.36. The van der Waals surface area contributed by atoms with Crippen LogP contribution in [-0.4, -0.2) is 42.9 Å². The molecule has 0 aliphatic carbocycles. The molecule has 6 nitrogen and oxygen atoms in total. The predicted octanol–water partition coefficient (Wildman–Crippen LogP) is -1.59. The third kappa shape index (κ3) is 1.51. The fraction of sp³-hybridized carbons (Fsp3) is 0.375. The molecule has 1 rings (SSSR count). The molecule has 0 aromatic heterocycles. The lowest BCUT2D eigenvalue weighted by Crippen LogP contribution is -2.38. The minimum absolute atomic E-state index is 0.0376. The number of likely N-dealkylation sites (N-methyl/N-ethyl adjacent to an activating group) is 1. The maximum atomic E-state index is 11.3. The molecule has 2 N–H and O–H groups in total. The molecule has 1 heterocycles. The van der Waals surface area contributed by atoms with Crippen molar-refractivity contribution in [3.8, 4) is 0 Å². The van der Waals surface area contributed by atoms with Crippen LogP contribution in [0.4, 0.5) is 0 Å². The highest BCUT2D eigenvalue weighted by molar-refractivity contribution is 6.18. The van der Waals surface area contributed by atoms with Crippen LogP contribution in [0, 0.1) is 0 Å². The lowest BCUT2D eigenvalue weighted by atomic mass is 10.1. The Kier molecular flexibility index (Phi) is 2.66. The number of carbonyl (C=O) groups excluding carboxylic acids is 3. The van der Waals surface area contributed by atoms with Crippen molar-refractivity contribution < 1.29 is 19.1 Å². The Hall–Kier alpha value is -1.69. The Balaban J connectivity index is 2.90. The largest absolute Gasteiger partial charge is 0.468 e. The molecular weight excluding hydrogens is 188 g/mol. The highest BCUT2D eigenvalue weighted by atomic mass is 16.5. The van der Waals surface area contributed by atoms with Gasteiger partial charge < -0.3 is 10.5 Å². The summed E-state index contributed by atoms with van der Waals surface area (Å²) in [7, 11) is 2.48. The standard InChI is InChI=1S/C8H10N2O4/c1-10-5(11)3-4(7(10)12)6(9)8(13)14-2/h3,6H,9H2,1-2H3. The number of nitrogens with two attached hydrogens (primary N) is 1. The number of ether oxygens (including phenoxy) is 1. The Morgan fingerprint density at radius 1 is 1.57 bits per heavy atom. The molecule has 0 saturated heterocycles. The highest BCUT2D eigenvalue weighted by Crippen LogP contribution is 2.13. The highest BCUT2D eigenvalue weighted by Gasteiger charge is 2.34. The van der Waals surface area contributed by atoms with Crippen LogP contribution in [-0.2, 0) is 19.1 Å². The van der Waals surface area contributed by atoms with Crippen molar-refractivity contribution >= 4 is 17.8 Å². The predicted molar refractivity (Wildman–Crippen MR) is 45.9 cm³/mol. The molecule has 1 aliphatic rings. The molecule has 0 aromatic rings. The van der Waals surface area contributed by atoms with E-state index in [1.54, 1.807) is 0 Å². The maximum absolute atomic E-state index is 11.3. The topological polar surface area (TPSA) is 89.7 Å². The molecule has 0 bridgehead atoms. The van der Waals surface area contributed by atoms with Crippen molar-refractivity contribution in [1.82, 2.24) is 4.90 Å². The lowest BCUT2D eigenvalue weighted by molar-refractivity contribution is -0.143. The molecule has 76 valence electrons. The van der Waals surface area contributed by atoms with E-state index < -0.39 is 23.8 Å². The fourth-order valence-corrected chi connectivity index (χ4v) is 1.06. The maximum Gasteiger partial charge on any atom is 0.327 e. The van der Waals surface area contributed by atoms with Crippen LogP contribution in [0.25, 0.3) is 0 Å². The van der Waals surface area contributed by atoms with E-state index in [2.05, 4.69) is 4.74 Å². The Labute approximate surface area is 80.3 Å². The fourth-order valence-electron chi connectivity index (χ4n) is 1.06. The van der Waals surface area contributed by atoms with Crippen LogP contribution < -0.4 is 5.73 Å². The number of hydrogen-bond donors (Lipinski definition) is 1. The van der Waals surface area contributed by atoms with Crippen molar-refractivity contribution in [3.63, 3.8) is 0 Å². The van der Waals surface area contributed by atoms with E-state index >= 15 is 0 Å². The van der Waals surface area contributed by atoms with E-state index in [-0.39, 0.29) is 5.57 Å². The van der Waals surface area contributed by atoms with E-state index in [0.717, 1.165) is 18.1 Å². The number of hydrogen-bond acceptors (Lipinski definition) is 5. The van der Waals surface area contributed by atoms with E-state index in [0.29, 0.717) is 0 Å². The molecule has 1 aliphatic heterocycles. The van der Waals surface area contributed by atoms with Gasteiger partial charge in [0.15, 0.2) is 0 Å². The number of esters is 1. The van der Waals surface area contributed by atoms with E-state index in [4.69, 9.17) is 5.73 Å². The summed E-state index contributed by atoms with van der Waals surface area (Å²) in [5, 5.41) is 0. The van der Waals surface area contributed by atoms with Crippen LogP contribution in [0.1, 0.15) is 0 Å². The Morgan fingerprint density at radius 3 is 2.50 bits per heavy atom. The number of carbonyl (C=O) groups is 3. The van der Waals surface area contributed by atoms with Crippen molar-refractivity contribution in [1.29, 1.82) is 0 Å². The molecule has 6 heteroatoms. The summed E-state index contributed by atoms with van der Waals surface area (Å²) in [5.41, 5.74) is 5.37. The zero-order valence-electron chi connectivity index (χ0n) is 7.81. The van der Waals surface area contributed by atoms with Crippen molar-refractivity contribution in [2.75, 3.05) is 14.2 Å². The summed E-state index contributed by atoms with van der Waals surface area (Å²) in [6.45, 7) is 0. The van der Waals surface area contributed by atoms with Crippen LogP contribution in [0.2, 0.25) is 0 Å². The number of rotatable bonds is 2. The molecule has 14 heavy (non-hydrogen) atoms. The molecule has 0 radical (unpaired) electrons. The average Bonchev–Trinajstić information content (AvgIpc) is 2.43. The third-order valence-corrected chi connectivity index (χ3v) is 1.95. The summed E-state index contributed by atoms with van der Waals surface area (Å²) >= 11 is 0. The van der Waals surface area contributed by atoms with Crippen molar-refractivity contribution in [2.24, 2.45) is 5.73 Å².